The quantitative estimate of drug-likeness (QED) is 0.406. The fourth-order valence-electron chi connectivity index (χ4n) is 7.28. The first-order chi connectivity index (χ1) is 20.2. The van der Waals surface area contributed by atoms with Crippen LogP contribution in [0.2, 0.25) is 0 Å². The fourth-order valence-corrected chi connectivity index (χ4v) is 7.28. The van der Waals surface area contributed by atoms with Crippen LogP contribution >= 0.6 is 0 Å². The first-order valence-electron chi connectivity index (χ1n) is 14.8. The van der Waals surface area contributed by atoms with Gasteiger partial charge < -0.3 is 15.4 Å². The van der Waals surface area contributed by atoms with Gasteiger partial charge in [0, 0.05) is 43.1 Å². The third kappa shape index (κ3) is 4.22. The van der Waals surface area contributed by atoms with Gasteiger partial charge in [0.2, 0.25) is 17.7 Å². The van der Waals surface area contributed by atoms with Gasteiger partial charge in [-0.25, -0.2) is 0 Å². The maximum absolute atomic E-state index is 13.4. The van der Waals surface area contributed by atoms with Crippen LogP contribution in [0.25, 0.3) is 10.8 Å². The number of nitrogens with two attached hydrogens (primary N) is 1. The monoisotopic (exact) mass is 569 g/mol. The second kappa shape index (κ2) is 9.76. The Morgan fingerprint density at radius 2 is 1.95 bits per heavy atom. The van der Waals surface area contributed by atoms with Gasteiger partial charge in [-0.05, 0) is 73.9 Å². The van der Waals surface area contributed by atoms with E-state index in [-0.39, 0.29) is 41.2 Å². The SMILES string of the molecule is CC1(N=CC(=CN)Cc2ccc3c4c(cccc24)C(=O)N3C2CCC(=O)NC2=O)CCN(C(=O)C23COC(C2)C3)CC1. The van der Waals surface area contributed by atoms with Crippen LogP contribution in [0, 0.1) is 5.41 Å². The first-order valence-corrected chi connectivity index (χ1v) is 14.8. The lowest BCUT2D eigenvalue weighted by Gasteiger charge is -2.43. The summed E-state index contributed by atoms with van der Waals surface area (Å²) in [7, 11) is 0. The molecule has 1 unspecified atom stereocenters. The minimum atomic E-state index is -0.720. The number of allylic oxidation sites excluding steroid dienone is 1. The highest BCUT2D eigenvalue weighted by atomic mass is 16.5. The number of carbonyl (C=O) groups excluding carboxylic acids is 4. The highest BCUT2D eigenvalue weighted by Gasteiger charge is 2.58. The predicted octanol–water partition coefficient (Wildman–Crippen LogP) is 2.62. The van der Waals surface area contributed by atoms with E-state index >= 15 is 0 Å². The molecule has 2 aromatic carbocycles. The Labute approximate surface area is 243 Å². The van der Waals surface area contributed by atoms with E-state index in [1.54, 1.807) is 12.3 Å². The lowest BCUT2D eigenvalue weighted by molar-refractivity contribution is -0.145. The van der Waals surface area contributed by atoms with E-state index in [4.69, 9.17) is 15.5 Å². The molecule has 1 saturated carbocycles. The Hall–Kier alpha value is -4.05. The summed E-state index contributed by atoms with van der Waals surface area (Å²) in [6.07, 6.45) is 8.01. The van der Waals surface area contributed by atoms with Gasteiger partial charge in [-0.1, -0.05) is 18.2 Å². The molecule has 5 fully saturated rings. The zero-order chi connectivity index (χ0) is 29.2. The van der Waals surface area contributed by atoms with Crippen molar-refractivity contribution in [3.63, 3.8) is 0 Å². The molecule has 3 N–H and O–H groups in total. The van der Waals surface area contributed by atoms with E-state index in [1.165, 1.54) is 4.90 Å². The Morgan fingerprint density at radius 3 is 2.64 bits per heavy atom. The zero-order valence-corrected chi connectivity index (χ0v) is 23.7. The van der Waals surface area contributed by atoms with Crippen LogP contribution in [0.4, 0.5) is 5.69 Å². The molecule has 5 aliphatic heterocycles. The van der Waals surface area contributed by atoms with E-state index in [9.17, 15) is 19.2 Å². The first kappa shape index (κ1) is 26.8. The normalized spacial score (nSPS) is 28.5. The number of fused-ring (bicyclic) bond motifs is 1. The molecule has 2 bridgehead atoms. The van der Waals surface area contributed by atoms with Gasteiger partial charge in [-0.3, -0.25) is 34.4 Å². The summed E-state index contributed by atoms with van der Waals surface area (Å²) < 4.78 is 5.66. The molecule has 8 rings (SSSR count). The van der Waals surface area contributed by atoms with E-state index in [2.05, 4.69) is 12.2 Å². The third-order valence-electron chi connectivity index (χ3n) is 9.90. The molecule has 0 aromatic heterocycles. The topological polar surface area (TPSA) is 134 Å². The highest BCUT2D eigenvalue weighted by Crippen LogP contribution is 2.51. The highest BCUT2D eigenvalue weighted by molar-refractivity contribution is 6.27. The van der Waals surface area contributed by atoms with Gasteiger partial charge >= 0.3 is 0 Å². The van der Waals surface area contributed by atoms with Crippen molar-refractivity contribution in [2.75, 3.05) is 24.6 Å². The number of hydrogen-bond donors (Lipinski definition) is 2. The molecule has 218 valence electrons. The van der Waals surface area contributed by atoms with E-state index in [0.717, 1.165) is 47.6 Å². The number of nitrogens with one attached hydrogen (secondary N) is 1. The summed E-state index contributed by atoms with van der Waals surface area (Å²) in [4.78, 5) is 59.4. The van der Waals surface area contributed by atoms with Crippen LogP contribution in [0.3, 0.4) is 0 Å². The third-order valence-corrected chi connectivity index (χ3v) is 9.90. The zero-order valence-electron chi connectivity index (χ0n) is 23.7. The predicted molar refractivity (Wildman–Crippen MR) is 157 cm³/mol. The number of likely N-dealkylation sites (tertiary alicyclic amines) is 1. The molecule has 0 spiro atoms. The van der Waals surface area contributed by atoms with Crippen molar-refractivity contribution in [2.45, 2.75) is 69.6 Å². The number of rotatable bonds is 6. The summed E-state index contributed by atoms with van der Waals surface area (Å²) in [6.45, 7) is 4.07. The maximum Gasteiger partial charge on any atom is 0.259 e. The maximum atomic E-state index is 13.4. The number of ether oxygens (including phenoxy) is 1. The van der Waals surface area contributed by atoms with Crippen LogP contribution in [0.1, 0.15) is 61.4 Å². The van der Waals surface area contributed by atoms with E-state index < -0.39 is 11.9 Å². The number of nitrogens with zero attached hydrogens (tertiary/aromatic N) is 3. The molecule has 10 nitrogen and oxygen atoms in total. The van der Waals surface area contributed by atoms with Crippen LogP contribution in [-0.4, -0.2) is 72.1 Å². The van der Waals surface area contributed by atoms with Crippen LogP contribution in [0.5, 0.6) is 0 Å². The summed E-state index contributed by atoms with van der Waals surface area (Å²) >= 11 is 0. The smallest absolute Gasteiger partial charge is 0.259 e. The molecule has 10 heteroatoms. The van der Waals surface area contributed by atoms with Gasteiger partial charge in [-0.15, -0.1) is 0 Å². The molecule has 1 atom stereocenters. The van der Waals surface area contributed by atoms with E-state index in [1.807, 2.05) is 35.4 Å². The van der Waals surface area contributed by atoms with Crippen molar-refractivity contribution in [3.8, 4) is 0 Å². The number of amides is 4. The summed E-state index contributed by atoms with van der Waals surface area (Å²) in [5.41, 5.74) is 8.59. The number of imide groups is 1. The van der Waals surface area contributed by atoms with Crippen molar-refractivity contribution in [2.24, 2.45) is 16.1 Å². The number of anilines is 1. The largest absolute Gasteiger partial charge is 0.404 e. The van der Waals surface area contributed by atoms with Gasteiger partial charge in [0.1, 0.15) is 6.04 Å². The molecule has 5 heterocycles. The van der Waals surface area contributed by atoms with Crippen LogP contribution in [-0.2, 0) is 25.5 Å². The average molecular weight is 570 g/mol. The number of aliphatic imine (C=N–C) groups is 1. The molecule has 42 heavy (non-hydrogen) atoms. The van der Waals surface area contributed by atoms with Crippen molar-refractivity contribution in [1.82, 2.24) is 10.2 Å². The average Bonchev–Trinajstić information content (AvgIpc) is 3.66. The summed E-state index contributed by atoms with van der Waals surface area (Å²) in [6, 6.07) is 8.76. The second-order valence-electron chi connectivity index (χ2n) is 12.7. The molecule has 6 aliphatic rings. The number of carbonyl (C=O) groups is 4. The van der Waals surface area contributed by atoms with Crippen molar-refractivity contribution >= 4 is 46.3 Å². The minimum Gasteiger partial charge on any atom is -0.404 e. The van der Waals surface area contributed by atoms with Gasteiger partial charge in [0.15, 0.2) is 0 Å². The lowest BCUT2D eigenvalue weighted by Crippen LogP contribution is -2.53. The van der Waals surface area contributed by atoms with E-state index in [0.29, 0.717) is 43.8 Å². The molecule has 1 aliphatic carbocycles. The molecular weight excluding hydrogens is 534 g/mol. The molecule has 4 amide bonds. The van der Waals surface area contributed by atoms with Crippen LogP contribution < -0.4 is 16.0 Å². The lowest BCUT2D eigenvalue weighted by atomic mass is 9.69. The number of benzene rings is 2. The second-order valence-corrected chi connectivity index (χ2v) is 12.7. The number of piperidine rings is 2. The Kier molecular flexibility index (Phi) is 6.23. The van der Waals surface area contributed by atoms with Crippen molar-refractivity contribution in [3.05, 3.63) is 53.2 Å². The molecular formula is C32H35N5O5. The summed E-state index contributed by atoms with van der Waals surface area (Å²) in [5, 5.41) is 4.10. The Balaban J connectivity index is 1.07. The van der Waals surface area contributed by atoms with Crippen molar-refractivity contribution in [1.29, 1.82) is 0 Å². The fraction of sp³-hybridized carbons (Fsp3) is 0.469. The van der Waals surface area contributed by atoms with Gasteiger partial charge in [0.25, 0.3) is 5.91 Å². The van der Waals surface area contributed by atoms with Gasteiger partial charge in [0.05, 0.1) is 29.4 Å². The minimum absolute atomic E-state index is 0.200. The standard InChI is InChI=1S/C32H35N5O5/c1-31(9-11-36(12-10-31)30(41)32-14-21(15-32)42-18-32)34-17-19(16-33)13-20-5-6-24-27-22(20)3-2-4-23(27)29(40)37(24)25-7-8-26(38)35-28(25)39/h2-6,16-17,21,25H,7-15,18,33H2,1H3,(H,35,38,39). The molecule has 4 saturated heterocycles. The number of hydrogen-bond acceptors (Lipinski definition) is 7. The molecule has 0 radical (unpaired) electrons. The Bertz CT molecular complexity index is 1580. The molecule has 2 aromatic rings. The van der Waals surface area contributed by atoms with Crippen molar-refractivity contribution < 1.29 is 23.9 Å². The van der Waals surface area contributed by atoms with Crippen LogP contribution in [0.15, 0.2) is 47.1 Å². The summed E-state index contributed by atoms with van der Waals surface area (Å²) in [5.74, 6) is -0.742. The van der Waals surface area contributed by atoms with Gasteiger partial charge in [-0.2, -0.15) is 0 Å². The Morgan fingerprint density at radius 1 is 1.17 bits per heavy atom.